The Kier molecular flexibility index (Phi) is 5.95. The van der Waals surface area contributed by atoms with Crippen LogP contribution in [-0.2, 0) is 6.54 Å². The van der Waals surface area contributed by atoms with Gasteiger partial charge in [0.25, 0.3) is 11.6 Å². The maximum Gasteiger partial charge on any atom is 0.312 e. The number of carbonyl (C=O) groups excluding carboxylic acids is 1. The predicted octanol–water partition coefficient (Wildman–Crippen LogP) is 3.63. The smallest absolute Gasteiger partial charge is 0.312 e. The highest BCUT2D eigenvalue weighted by molar-refractivity contribution is 6.06. The number of benzene rings is 2. The maximum atomic E-state index is 12.9. The second kappa shape index (κ2) is 8.61. The van der Waals surface area contributed by atoms with Gasteiger partial charge in [-0.25, -0.2) is 0 Å². The number of aryl methyl sites for hydroxylation is 1. The first-order valence-electron chi connectivity index (χ1n) is 9.13. The summed E-state index contributed by atoms with van der Waals surface area (Å²) in [5.41, 5.74) is 1.10. The minimum atomic E-state index is -0.612. The third-order valence-corrected chi connectivity index (χ3v) is 4.76. The summed E-state index contributed by atoms with van der Waals surface area (Å²) in [7, 11) is 1.39. The lowest BCUT2D eigenvalue weighted by molar-refractivity contribution is -0.386. The zero-order valence-corrected chi connectivity index (χ0v) is 17.0. The molecule has 0 aliphatic carbocycles. The van der Waals surface area contributed by atoms with Crippen LogP contribution in [0.1, 0.15) is 27.3 Å². The van der Waals surface area contributed by atoms with Gasteiger partial charge >= 0.3 is 5.69 Å². The summed E-state index contributed by atoms with van der Waals surface area (Å²) in [4.78, 5) is 34.4. The van der Waals surface area contributed by atoms with Crippen molar-refractivity contribution in [2.75, 3.05) is 12.4 Å². The largest absolute Gasteiger partial charge is 0.496 e. The van der Waals surface area contributed by atoms with E-state index in [4.69, 9.17) is 4.74 Å². The third kappa shape index (κ3) is 4.34. The number of amides is 1. The van der Waals surface area contributed by atoms with Crippen molar-refractivity contribution in [3.8, 4) is 5.75 Å². The molecule has 0 atom stereocenters. The quantitative estimate of drug-likeness (QED) is 0.450. The van der Waals surface area contributed by atoms with Crippen LogP contribution in [0.2, 0.25) is 0 Å². The second-order valence-corrected chi connectivity index (χ2v) is 6.69. The topological polar surface area (TPSA) is 142 Å². The Morgan fingerprint density at radius 2 is 1.84 bits per heavy atom. The molecule has 0 spiro atoms. The first-order valence-corrected chi connectivity index (χ1v) is 9.13. The number of hydrogen-bond donors (Lipinski definition) is 1. The molecule has 0 radical (unpaired) electrons. The summed E-state index contributed by atoms with van der Waals surface area (Å²) >= 11 is 0. The SMILES string of the molecule is COc1ccc(NC(=O)c2ccccc2Cn2nc(C)c([N+](=O)[O-])c2C)c([N+](=O)[O-])c1. The van der Waals surface area contributed by atoms with Crippen molar-refractivity contribution in [3.63, 3.8) is 0 Å². The lowest BCUT2D eigenvalue weighted by atomic mass is 10.1. The number of nitro benzene ring substituents is 1. The Morgan fingerprint density at radius 1 is 1.13 bits per heavy atom. The van der Waals surface area contributed by atoms with E-state index in [-0.39, 0.29) is 40.6 Å². The molecular formula is C20H19N5O6. The Hall–Kier alpha value is -4.28. The van der Waals surface area contributed by atoms with Gasteiger partial charge in [0.2, 0.25) is 0 Å². The van der Waals surface area contributed by atoms with Crippen LogP contribution >= 0.6 is 0 Å². The molecule has 0 unspecified atom stereocenters. The van der Waals surface area contributed by atoms with Crippen molar-refractivity contribution in [2.45, 2.75) is 20.4 Å². The van der Waals surface area contributed by atoms with Crippen molar-refractivity contribution in [1.82, 2.24) is 9.78 Å². The molecule has 31 heavy (non-hydrogen) atoms. The van der Waals surface area contributed by atoms with Crippen LogP contribution in [0, 0.1) is 34.1 Å². The van der Waals surface area contributed by atoms with E-state index in [0.717, 1.165) is 0 Å². The van der Waals surface area contributed by atoms with Gasteiger partial charge in [0, 0.05) is 5.56 Å². The summed E-state index contributed by atoms with van der Waals surface area (Å²) < 4.78 is 6.45. The molecule has 11 heteroatoms. The molecule has 1 heterocycles. The molecule has 0 bridgehead atoms. The van der Waals surface area contributed by atoms with Crippen LogP contribution in [0.25, 0.3) is 0 Å². The first-order chi connectivity index (χ1) is 14.7. The van der Waals surface area contributed by atoms with Gasteiger partial charge in [-0.05, 0) is 37.6 Å². The highest BCUT2D eigenvalue weighted by Crippen LogP contribution is 2.30. The monoisotopic (exact) mass is 425 g/mol. The van der Waals surface area contributed by atoms with Crippen LogP contribution in [0.4, 0.5) is 17.1 Å². The zero-order chi connectivity index (χ0) is 22.7. The Balaban J connectivity index is 1.93. The fourth-order valence-corrected chi connectivity index (χ4v) is 3.23. The van der Waals surface area contributed by atoms with Crippen LogP contribution in [0.5, 0.6) is 5.75 Å². The van der Waals surface area contributed by atoms with Gasteiger partial charge in [0.05, 0.1) is 29.6 Å². The third-order valence-electron chi connectivity index (χ3n) is 4.76. The predicted molar refractivity (Wildman–Crippen MR) is 112 cm³/mol. The Bertz CT molecular complexity index is 1190. The molecule has 0 aliphatic rings. The molecule has 0 saturated carbocycles. The van der Waals surface area contributed by atoms with Crippen molar-refractivity contribution in [1.29, 1.82) is 0 Å². The van der Waals surface area contributed by atoms with Crippen molar-refractivity contribution >= 4 is 23.0 Å². The molecule has 160 valence electrons. The minimum Gasteiger partial charge on any atom is -0.496 e. The van der Waals surface area contributed by atoms with E-state index >= 15 is 0 Å². The molecule has 1 aromatic heterocycles. The molecule has 11 nitrogen and oxygen atoms in total. The molecule has 1 amide bonds. The van der Waals surface area contributed by atoms with Gasteiger partial charge < -0.3 is 10.1 Å². The molecule has 0 fully saturated rings. The number of methoxy groups -OCH3 is 1. The second-order valence-electron chi connectivity index (χ2n) is 6.69. The number of hydrogen-bond acceptors (Lipinski definition) is 7. The van der Waals surface area contributed by atoms with E-state index < -0.39 is 15.8 Å². The lowest BCUT2D eigenvalue weighted by Crippen LogP contribution is -2.17. The lowest BCUT2D eigenvalue weighted by Gasteiger charge is -2.12. The fraction of sp³-hybridized carbons (Fsp3) is 0.200. The van der Waals surface area contributed by atoms with Gasteiger partial charge in [-0.2, -0.15) is 5.10 Å². The summed E-state index contributed by atoms with van der Waals surface area (Å²) in [5.74, 6) is -0.267. The molecule has 1 N–H and O–H groups in total. The normalized spacial score (nSPS) is 10.5. The number of anilines is 1. The number of nitro groups is 2. The summed E-state index contributed by atoms with van der Waals surface area (Å²) in [5, 5.41) is 29.4. The van der Waals surface area contributed by atoms with Gasteiger partial charge in [-0.3, -0.25) is 29.7 Å². The van der Waals surface area contributed by atoms with E-state index in [2.05, 4.69) is 10.4 Å². The van der Waals surface area contributed by atoms with Crippen LogP contribution in [0.15, 0.2) is 42.5 Å². The van der Waals surface area contributed by atoms with Gasteiger partial charge in [-0.15, -0.1) is 0 Å². The van der Waals surface area contributed by atoms with E-state index in [9.17, 15) is 25.0 Å². The van der Waals surface area contributed by atoms with Crippen LogP contribution in [-0.4, -0.2) is 32.6 Å². The number of aromatic nitrogens is 2. The number of nitrogens with zero attached hydrogens (tertiary/aromatic N) is 4. The minimum absolute atomic E-state index is 0.0207. The average Bonchev–Trinajstić information content (AvgIpc) is 3.01. The first kappa shape index (κ1) is 21.4. The van der Waals surface area contributed by atoms with E-state index in [1.165, 1.54) is 30.0 Å². The summed E-state index contributed by atoms with van der Waals surface area (Å²) in [6.07, 6.45) is 0. The van der Waals surface area contributed by atoms with Gasteiger partial charge in [-0.1, -0.05) is 18.2 Å². The highest BCUT2D eigenvalue weighted by atomic mass is 16.6. The van der Waals surface area contributed by atoms with Crippen LogP contribution < -0.4 is 10.1 Å². The average molecular weight is 425 g/mol. The van der Waals surface area contributed by atoms with Crippen molar-refractivity contribution in [2.24, 2.45) is 0 Å². The summed E-state index contributed by atoms with van der Waals surface area (Å²) in [6, 6.07) is 10.8. The number of nitrogens with one attached hydrogen (secondary N) is 1. The number of ether oxygens (including phenoxy) is 1. The van der Waals surface area contributed by atoms with E-state index in [0.29, 0.717) is 11.3 Å². The molecule has 0 aliphatic heterocycles. The number of rotatable bonds is 7. The van der Waals surface area contributed by atoms with Gasteiger partial charge in [0.1, 0.15) is 22.8 Å². The summed E-state index contributed by atoms with van der Waals surface area (Å²) in [6.45, 7) is 3.25. The Morgan fingerprint density at radius 3 is 2.45 bits per heavy atom. The maximum absolute atomic E-state index is 12.9. The highest BCUT2D eigenvalue weighted by Gasteiger charge is 2.23. The molecule has 2 aromatic carbocycles. The number of carbonyl (C=O) groups is 1. The molecule has 3 aromatic rings. The Labute approximate surface area is 176 Å². The van der Waals surface area contributed by atoms with Gasteiger partial charge in [0.15, 0.2) is 0 Å². The fourth-order valence-electron chi connectivity index (χ4n) is 3.23. The van der Waals surface area contributed by atoms with E-state index in [1.807, 2.05) is 0 Å². The van der Waals surface area contributed by atoms with Crippen LogP contribution in [0.3, 0.4) is 0 Å². The van der Waals surface area contributed by atoms with Crippen molar-refractivity contribution < 1.29 is 19.4 Å². The molecule has 3 rings (SSSR count). The zero-order valence-electron chi connectivity index (χ0n) is 17.0. The van der Waals surface area contributed by atoms with E-state index in [1.54, 1.807) is 38.1 Å². The molecular weight excluding hydrogens is 406 g/mol. The standard InChI is InChI=1S/C20H19N5O6/c1-12-19(25(29)30)13(2)23(22-12)11-14-6-4-5-7-16(14)20(26)21-17-9-8-15(31-3)10-18(17)24(27)28/h4-10H,11H2,1-3H3,(H,21,26). The van der Waals surface area contributed by atoms with Crippen molar-refractivity contribution in [3.05, 3.63) is 85.2 Å². The molecule has 0 saturated heterocycles.